The molecule has 2 unspecified atom stereocenters. The Labute approximate surface area is 119 Å². The van der Waals surface area contributed by atoms with Gasteiger partial charge in [0.05, 0.1) is 5.69 Å². The SMILES string of the molecule is CCNC(C)C(CC)c1ncnc2sc(CC)cc12. The van der Waals surface area contributed by atoms with Crippen LogP contribution in [0.25, 0.3) is 10.2 Å². The fourth-order valence-electron chi connectivity index (χ4n) is 2.64. The summed E-state index contributed by atoms with van der Waals surface area (Å²) in [6, 6.07) is 2.72. The Kier molecular flexibility index (Phi) is 4.88. The molecule has 4 heteroatoms. The summed E-state index contributed by atoms with van der Waals surface area (Å²) < 4.78 is 0. The molecule has 19 heavy (non-hydrogen) atoms. The molecule has 3 nitrogen and oxygen atoms in total. The maximum Gasteiger partial charge on any atom is 0.127 e. The zero-order chi connectivity index (χ0) is 13.8. The highest BCUT2D eigenvalue weighted by Gasteiger charge is 2.21. The summed E-state index contributed by atoms with van der Waals surface area (Å²) in [6.07, 6.45) is 3.88. The molecule has 0 spiro atoms. The molecule has 1 N–H and O–H groups in total. The third-order valence-corrected chi connectivity index (χ3v) is 4.87. The molecule has 0 aliphatic heterocycles. The van der Waals surface area contributed by atoms with E-state index in [0.717, 1.165) is 24.2 Å². The van der Waals surface area contributed by atoms with Gasteiger partial charge in [-0.3, -0.25) is 0 Å². The molecule has 2 aromatic heterocycles. The first-order valence-corrected chi connectivity index (χ1v) is 7.99. The van der Waals surface area contributed by atoms with Crippen LogP contribution >= 0.6 is 11.3 Å². The second-order valence-electron chi connectivity index (χ2n) is 4.91. The Bertz CT molecular complexity index is 535. The Balaban J connectivity index is 2.44. The molecule has 0 aromatic carbocycles. The number of hydrogen-bond donors (Lipinski definition) is 1. The van der Waals surface area contributed by atoms with Crippen LogP contribution in [-0.2, 0) is 6.42 Å². The van der Waals surface area contributed by atoms with Crippen LogP contribution in [-0.4, -0.2) is 22.6 Å². The number of likely N-dealkylation sites (N-methyl/N-ethyl adjacent to an activating group) is 1. The predicted octanol–water partition coefficient (Wildman–Crippen LogP) is 3.75. The standard InChI is InChI=1S/C15H23N3S/c1-5-11-8-13-14(17-9-18-15(13)19-11)12(6-2)10(4)16-7-3/h8-10,12,16H,5-7H2,1-4H3. The van der Waals surface area contributed by atoms with Crippen molar-refractivity contribution in [2.24, 2.45) is 0 Å². The van der Waals surface area contributed by atoms with Crippen molar-refractivity contribution in [3.8, 4) is 0 Å². The van der Waals surface area contributed by atoms with E-state index in [1.54, 1.807) is 17.7 Å². The van der Waals surface area contributed by atoms with Crippen LogP contribution in [0.3, 0.4) is 0 Å². The number of aryl methyl sites for hydroxylation is 1. The van der Waals surface area contributed by atoms with Crippen molar-refractivity contribution in [2.75, 3.05) is 6.54 Å². The van der Waals surface area contributed by atoms with Crippen molar-refractivity contribution in [3.05, 3.63) is 23.0 Å². The van der Waals surface area contributed by atoms with Crippen molar-refractivity contribution in [2.45, 2.75) is 52.5 Å². The first-order chi connectivity index (χ1) is 9.21. The third-order valence-electron chi connectivity index (χ3n) is 3.68. The van der Waals surface area contributed by atoms with Crippen LogP contribution in [0.2, 0.25) is 0 Å². The van der Waals surface area contributed by atoms with E-state index in [1.165, 1.54) is 16.0 Å². The molecule has 2 atom stereocenters. The quantitative estimate of drug-likeness (QED) is 0.874. The number of aromatic nitrogens is 2. The van der Waals surface area contributed by atoms with Gasteiger partial charge < -0.3 is 5.32 Å². The fourth-order valence-corrected chi connectivity index (χ4v) is 3.58. The summed E-state index contributed by atoms with van der Waals surface area (Å²) in [7, 11) is 0. The number of nitrogens with one attached hydrogen (secondary N) is 1. The van der Waals surface area contributed by atoms with Crippen LogP contribution in [0.15, 0.2) is 12.4 Å². The number of nitrogens with zero attached hydrogens (tertiary/aromatic N) is 2. The van der Waals surface area contributed by atoms with Crippen LogP contribution in [0, 0.1) is 0 Å². The highest BCUT2D eigenvalue weighted by molar-refractivity contribution is 7.18. The Morgan fingerprint density at radius 3 is 2.68 bits per heavy atom. The number of thiophene rings is 1. The fraction of sp³-hybridized carbons (Fsp3) is 0.600. The molecule has 0 bridgehead atoms. The van der Waals surface area contributed by atoms with Crippen molar-refractivity contribution in [3.63, 3.8) is 0 Å². The second kappa shape index (κ2) is 6.44. The summed E-state index contributed by atoms with van der Waals surface area (Å²) in [4.78, 5) is 11.5. The molecule has 2 rings (SSSR count). The molecule has 0 fully saturated rings. The van der Waals surface area contributed by atoms with Crippen LogP contribution in [0.5, 0.6) is 0 Å². The summed E-state index contributed by atoms with van der Waals surface area (Å²) in [5.41, 5.74) is 1.21. The Morgan fingerprint density at radius 1 is 1.26 bits per heavy atom. The predicted molar refractivity (Wildman–Crippen MR) is 83.0 cm³/mol. The van der Waals surface area contributed by atoms with E-state index in [-0.39, 0.29) is 0 Å². The van der Waals surface area contributed by atoms with Gasteiger partial charge in [-0.2, -0.15) is 0 Å². The van der Waals surface area contributed by atoms with Crippen LogP contribution < -0.4 is 5.32 Å². The van der Waals surface area contributed by atoms with E-state index < -0.39 is 0 Å². The summed E-state index contributed by atoms with van der Waals surface area (Å²) >= 11 is 1.79. The second-order valence-corrected chi connectivity index (χ2v) is 6.02. The van der Waals surface area contributed by atoms with Gasteiger partial charge in [0.1, 0.15) is 11.2 Å². The molecule has 0 saturated carbocycles. The number of hydrogen-bond acceptors (Lipinski definition) is 4. The van der Waals surface area contributed by atoms with E-state index in [1.807, 2.05) is 0 Å². The first kappa shape index (κ1) is 14.4. The normalized spacial score (nSPS) is 14.7. The summed E-state index contributed by atoms with van der Waals surface area (Å²) in [6.45, 7) is 9.82. The van der Waals surface area contributed by atoms with Crippen molar-refractivity contribution in [1.82, 2.24) is 15.3 Å². The monoisotopic (exact) mass is 277 g/mol. The summed E-state index contributed by atoms with van der Waals surface area (Å²) in [5.74, 6) is 0.449. The molecular formula is C15H23N3S. The maximum absolute atomic E-state index is 4.58. The van der Waals surface area contributed by atoms with Gasteiger partial charge in [0.15, 0.2) is 0 Å². The lowest BCUT2D eigenvalue weighted by atomic mass is 9.92. The average molecular weight is 277 g/mol. The van der Waals surface area contributed by atoms with Gasteiger partial charge in [-0.25, -0.2) is 9.97 Å². The van der Waals surface area contributed by atoms with Gasteiger partial charge in [-0.15, -0.1) is 11.3 Å². The third kappa shape index (κ3) is 2.95. The van der Waals surface area contributed by atoms with Gasteiger partial charge in [0.2, 0.25) is 0 Å². The van der Waals surface area contributed by atoms with E-state index in [4.69, 9.17) is 0 Å². The van der Waals surface area contributed by atoms with E-state index in [2.05, 4.69) is 49.0 Å². The average Bonchev–Trinajstić information content (AvgIpc) is 2.84. The smallest absolute Gasteiger partial charge is 0.127 e. The van der Waals surface area contributed by atoms with Crippen LogP contribution in [0.1, 0.15) is 50.6 Å². The van der Waals surface area contributed by atoms with E-state index >= 15 is 0 Å². The molecule has 0 saturated heterocycles. The van der Waals surface area contributed by atoms with Crippen molar-refractivity contribution < 1.29 is 0 Å². The largest absolute Gasteiger partial charge is 0.314 e. The van der Waals surface area contributed by atoms with Gasteiger partial charge in [-0.1, -0.05) is 20.8 Å². The number of rotatable bonds is 6. The lowest BCUT2D eigenvalue weighted by Gasteiger charge is -2.23. The minimum absolute atomic E-state index is 0.443. The Hall–Kier alpha value is -1.00. The molecule has 0 radical (unpaired) electrons. The minimum Gasteiger partial charge on any atom is -0.314 e. The highest BCUT2D eigenvalue weighted by Crippen LogP contribution is 2.32. The van der Waals surface area contributed by atoms with Crippen molar-refractivity contribution in [1.29, 1.82) is 0 Å². The zero-order valence-electron chi connectivity index (χ0n) is 12.2. The van der Waals surface area contributed by atoms with Gasteiger partial charge in [0.25, 0.3) is 0 Å². The Morgan fingerprint density at radius 2 is 2.05 bits per heavy atom. The number of fused-ring (bicyclic) bond motifs is 1. The first-order valence-electron chi connectivity index (χ1n) is 7.17. The highest BCUT2D eigenvalue weighted by atomic mass is 32.1. The van der Waals surface area contributed by atoms with Crippen molar-refractivity contribution >= 4 is 21.6 Å². The van der Waals surface area contributed by atoms with Gasteiger partial charge in [0, 0.05) is 22.2 Å². The van der Waals surface area contributed by atoms with Gasteiger partial charge >= 0.3 is 0 Å². The lowest BCUT2D eigenvalue weighted by molar-refractivity contribution is 0.455. The van der Waals surface area contributed by atoms with Crippen LogP contribution in [0.4, 0.5) is 0 Å². The summed E-state index contributed by atoms with van der Waals surface area (Å²) in [5, 5.41) is 4.77. The topological polar surface area (TPSA) is 37.8 Å². The molecule has 2 heterocycles. The van der Waals surface area contributed by atoms with E-state index in [0.29, 0.717) is 12.0 Å². The minimum atomic E-state index is 0.443. The molecule has 104 valence electrons. The molecule has 0 aliphatic carbocycles. The zero-order valence-corrected chi connectivity index (χ0v) is 13.0. The molecular weight excluding hydrogens is 254 g/mol. The molecule has 0 aliphatic rings. The molecule has 2 aromatic rings. The molecule has 0 amide bonds. The maximum atomic E-state index is 4.58. The van der Waals surface area contributed by atoms with E-state index in [9.17, 15) is 0 Å². The van der Waals surface area contributed by atoms with Gasteiger partial charge in [-0.05, 0) is 32.4 Å². The lowest BCUT2D eigenvalue weighted by Crippen LogP contribution is -2.32.